The quantitative estimate of drug-likeness (QED) is 0.697. The molecule has 0 bridgehead atoms. The van der Waals surface area contributed by atoms with Gasteiger partial charge in [-0.05, 0) is 17.9 Å². The SMILES string of the molecule is CCC(N)C(SCC(O)CO)c1cccs1. The lowest BCUT2D eigenvalue weighted by Crippen LogP contribution is -2.27. The van der Waals surface area contributed by atoms with E-state index in [-0.39, 0.29) is 17.9 Å². The molecule has 0 radical (unpaired) electrons. The predicted octanol–water partition coefficient (Wildman–Crippen LogP) is 1.61. The normalized spacial score (nSPS) is 17.0. The third kappa shape index (κ3) is 4.07. The van der Waals surface area contributed by atoms with Crippen LogP contribution in [0.4, 0.5) is 0 Å². The highest BCUT2D eigenvalue weighted by molar-refractivity contribution is 7.99. The van der Waals surface area contributed by atoms with Gasteiger partial charge in [-0.3, -0.25) is 0 Å². The number of rotatable bonds is 7. The van der Waals surface area contributed by atoms with Crippen molar-refractivity contribution in [2.75, 3.05) is 12.4 Å². The number of hydrogen-bond acceptors (Lipinski definition) is 5. The lowest BCUT2D eigenvalue weighted by atomic mass is 10.1. The molecule has 3 atom stereocenters. The Labute approximate surface area is 105 Å². The summed E-state index contributed by atoms with van der Waals surface area (Å²) >= 11 is 3.31. The summed E-state index contributed by atoms with van der Waals surface area (Å²) in [4.78, 5) is 1.24. The average Bonchev–Trinajstić information content (AvgIpc) is 2.82. The fourth-order valence-corrected chi connectivity index (χ4v) is 3.72. The molecule has 5 heteroatoms. The Kier molecular flexibility index (Phi) is 6.38. The van der Waals surface area contributed by atoms with Crippen LogP contribution in [0.1, 0.15) is 23.5 Å². The molecule has 4 N–H and O–H groups in total. The molecule has 0 aliphatic rings. The van der Waals surface area contributed by atoms with Gasteiger partial charge in [-0.2, -0.15) is 0 Å². The van der Waals surface area contributed by atoms with Gasteiger partial charge in [0.1, 0.15) is 0 Å². The lowest BCUT2D eigenvalue weighted by molar-refractivity contribution is 0.113. The van der Waals surface area contributed by atoms with Gasteiger partial charge in [0.25, 0.3) is 0 Å². The van der Waals surface area contributed by atoms with E-state index in [2.05, 4.69) is 13.0 Å². The average molecular weight is 261 g/mol. The van der Waals surface area contributed by atoms with E-state index in [0.29, 0.717) is 5.75 Å². The molecule has 1 aromatic heterocycles. The molecule has 16 heavy (non-hydrogen) atoms. The van der Waals surface area contributed by atoms with Crippen molar-refractivity contribution < 1.29 is 10.2 Å². The highest BCUT2D eigenvalue weighted by atomic mass is 32.2. The molecular weight excluding hydrogens is 242 g/mol. The van der Waals surface area contributed by atoms with Crippen molar-refractivity contribution in [1.29, 1.82) is 0 Å². The van der Waals surface area contributed by atoms with E-state index in [9.17, 15) is 5.11 Å². The van der Waals surface area contributed by atoms with Crippen molar-refractivity contribution in [3.05, 3.63) is 22.4 Å². The summed E-state index contributed by atoms with van der Waals surface area (Å²) in [7, 11) is 0. The van der Waals surface area contributed by atoms with Gasteiger partial charge >= 0.3 is 0 Å². The van der Waals surface area contributed by atoms with Gasteiger partial charge in [-0.1, -0.05) is 13.0 Å². The first-order valence-corrected chi connectivity index (χ1v) is 7.31. The predicted molar refractivity (Wildman–Crippen MR) is 70.9 cm³/mol. The number of nitrogens with two attached hydrogens (primary N) is 1. The van der Waals surface area contributed by atoms with Crippen LogP contribution in [-0.2, 0) is 0 Å². The molecule has 0 aromatic carbocycles. The zero-order valence-corrected chi connectivity index (χ0v) is 11.0. The van der Waals surface area contributed by atoms with Crippen molar-refractivity contribution in [2.45, 2.75) is 30.7 Å². The van der Waals surface area contributed by atoms with E-state index in [0.717, 1.165) is 6.42 Å². The molecule has 0 saturated heterocycles. The van der Waals surface area contributed by atoms with E-state index in [1.54, 1.807) is 23.1 Å². The van der Waals surface area contributed by atoms with Crippen LogP contribution in [0, 0.1) is 0 Å². The molecule has 0 spiro atoms. The monoisotopic (exact) mass is 261 g/mol. The van der Waals surface area contributed by atoms with Crippen molar-refractivity contribution in [1.82, 2.24) is 0 Å². The number of aliphatic hydroxyl groups excluding tert-OH is 2. The van der Waals surface area contributed by atoms with Gasteiger partial charge in [-0.15, -0.1) is 23.1 Å². The van der Waals surface area contributed by atoms with Crippen LogP contribution in [0.25, 0.3) is 0 Å². The minimum absolute atomic E-state index is 0.0922. The summed E-state index contributed by atoms with van der Waals surface area (Å²) in [6.07, 6.45) is 0.252. The molecule has 0 fully saturated rings. The Morgan fingerprint density at radius 3 is 2.81 bits per heavy atom. The maximum absolute atomic E-state index is 9.35. The largest absolute Gasteiger partial charge is 0.394 e. The molecule has 92 valence electrons. The van der Waals surface area contributed by atoms with Crippen molar-refractivity contribution >= 4 is 23.1 Å². The standard InChI is InChI=1S/C11H19NO2S2/c1-2-9(12)11(10-4-3-5-15-10)16-7-8(14)6-13/h3-5,8-9,11,13-14H,2,6-7,12H2,1H3. The van der Waals surface area contributed by atoms with Crippen LogP contribution < -0.4 is 5.73 Å². The highest BCUT2D eigenvalue weighted by Gasteiger charge is 2.21. The van der Waals surface area contributed by atoms with Gasteiger partial charge < -0.3 is 15.9 Å². The summed E-state index contributed by atoms with van der Waals surface area (Å²) < 4.78 is 0. The van der Waals surface area contributed by atoms with Crippen LogP contribution in [0.5, 0.6) is 0 Å². The number of hydrogen-bond donors (Lipinski definition) is 3. The molecule has 0 saturated carbocycles. The first-order chi connectivity index (χ1) is 7.69. The Bertz CT molecular complexity index is 280. The summed E-state index contributed by atoms with van der Waals surface area (Å²) in [5.74, 6) is 0.521. The van der Waals surface area contributed by atoms with Gasteiger partial charge in [-0.25, -0.2) is 0 Å². The van der Waals surface area contributed by atoms with Gasteiger partial charge in [0.2, 0.25) is 0 Å². The van der Waals surface area contributed by atoms with E-state index in [1.165, 1.54) is 4.88 Å². The van der Waals surface area contributed by atoms with E-state index < -0.39 is 6.10 Å². The molecule has 1 aromatic rings. The van der Waals surface area contributed by atoms with Gasteiger partial charge in [0.15, 0.2) is 0 Å². The second-order valence-corrected chi connectivity index (χ2v) is 5.83. The van der Waals surface area contributed by atoms with E-state index >= 15 is 0 Å². The van der Waals surface area contributed by atoms with Crippen LogP contribution in [0.2, 0.25) is 0 Å². The number of aliphatic hydroxyl groups is 2. The summed E-state index contributed by atoms with van der Waals surface area (Å²) in [6.45, 7) is 1.87. The molecule has 0 aliphatic heterocycles. The molecule has 1 rings (SSSR count). The highest BCUT2D eigenvalue weighted by Crippen LogP contribution is 2.35. The van der Waals surface area contributed by atoms with Crippen molar-refractivity contribution in [2.24, 2.45) is 5.73 Å². The third-order valence-electron chi connectivity index (χ3n) is 2.36. The van der Waals surface area contributed by atoms with Crippen LogP contribution >= 0.6 is 23.1 Å². The topological polar surface area (TPSA) is 66.5 Å². The number of thiophene rings is 1. The zero-order valence-electron chi connectivity index (χ0n) is 9.37. The van der Waals surface area contributed by atoms with Crippen molar-refractivity contribution in [3.8, 4) is 0 Å². The second kappa shape index (κ2) is 7.29. The summed E-state index contributed by atoms with van der Waals surface area (Å²) in [5, 5.41) is 20.4. The zero-order chi connectivity index (χ0) is 12.0. The molecule has 3 unspecified atom stereocenters. The minimum atomic E-state index is -0.656. The summed E-state index contributed by atoms with van der Waals surface area (Å²) in [5.41, 5.74) is 6.08. The first kappa shape index (κ1) is 14.0. The van der Waals surface area contributed by atoms with Crippen LogP contribution in [-0.4, -0.2) is 34.7 Å². The van der Waals surface area contributed by atoms with Crippen molar-refractivity contribution in [3.63, 3.8) is 0 Å². The molecule has 1 heterocycles. The second-order valence-electron chi connectivity index (χ2n) is 3.68. The minimum Gasteiger partial charge on any atom is -0.394 e. The smallest absolute Gasteiger partial charge is 0.0861 e. The fourth-order valence-electron chi connectivity index (χ4n) is 1.35. The fraction of sp³-hybridized carbons (Fsp3) is 0.636. The van der Waals surface area contributed by atoms with E-state index in [1.807, 2.05) is 11.4 Å². The Hall–Kier alpha value is -0.0700. The van der Waals surface area contributed by atoms with Gasteiger partial charge in [0.05, 0.1) is 18.0 Å². The number of thioether (sulfide) groups is 1. The molecule has 3 nitrogen and oxygen atoms in total. The Balaban J connectivity index is 2.58. The van der Waals surface area contributed by atoms with E-state index in [4.69, 9.17) is 10.8 Å². The summed E-state index contributed by atoms with van der Waals surface area (Å²) in [6, 6.07) is 4.18. The van der Waals surface area contributed by atoms with Crippen LogP contribution in [0.3, 0.4) is 0 Å². The Morgan fingerprint density at radius 2 is 2.31 bits per heavy atom. The molecule has 0 aliphatic carbocycles. The third-order valence-corrected chi connectivity index (χ3v) is 5.01. The molecule has 0 amide bonds. The van der Waals surface area contributed by atoms with Gasteiger partial charge in [0, 0.05) is 16.7 Å². The first-order valence-electron chi connectivity index (χ1n) is 5.38. The maximum atomic E-state index is 9.35. The lowest BCUT2D eigenvalue weighted by Gasteiger charge is -2.22. The van der Waals surface area contributed by atoms with Crippen LogP contribution in [0.15, 0.2) is 17.5 Å². The Morgan fingerprint density at radius 1 is 1.56 bits per heavy atom. The maximum Gasteiger partial charge on any atom is 0.0861 e. The molecular formula is C11H19NO2S2.